The van der Waals surface area contributed by atoms with E-state index in [1.54, 1.807) is 18.5 Å². The SMILES string of the molecule is FC(F)(F)c1cccc(-n2c3ccc(-c4cncc(-c5ccc6c(-c7ccc8ccccc8c7)c7ccccc7c(C7=Cc8ccccc8CC7)c6c5)c4)cc3c3ccncc32)c1. The molecule has 6 heteroatoms. The van der Waals surface area contributed by atoms with Gasteiger partial charge in [-0.15, -0.1) is 0 Å². The lowest BCUT2D eigenvalue weighted by atomic mass is 9.81. The zero-order valence-electron chi connectivity index (χ0n) is 33.9. The van der Waals surface area contributed by atoms with Crippen LogP contribution in [-0.2, 0) is 12.6 Å². The van der Waals surface area contributed by atoms with E-state index in [1.165, 1.54) is 77.8 Å². The molecule has 1 aliphatic rings. The van der Waals surface area contributed by atoms with Crippen LogP contribution in [0.25, 0.3) is 105 Å². The lowest BCUT2D eigenvalue weighted by molar-refractivity contribution is -0.137. The van der Waals surface area contributed by atoms with Gasteiger partial charge in [-0.3, -0.25) is 9.97 Å². The summed E-state index contributed by atoms with van der Waals surface area (Å²) in [5, 5.41) is 9.09. The van der Waals surface area contributed by atoms with Crippen LogP contribution in [0.2, 0.25) is 0 Å². The predicted molar refractivity (Wildman–Crippen MR) is 253 cm³/mol. The summed E-state index contributed by atoms with van der Waals surface area (Å²) >= 11 is 0. The Morgan fingerprint density at radius 3 is 2.00 bits per heavy atom. The average molecular weight is 820 g/mol. The number of alkyl halides is 3. The summed E-state index contributed by atoms with van der Waals surface area (Å²) in [7, 11) is 0. The molecule has 12 rings (SSSR count). The highest BCUT2D eigenvalue weighted by atomic mass is 19.4. The van der Waals surface area contributed by atoms with E-state index in [4.69, 9.17) is 4.98 Å². The van der Waals surface area contributed by atoms with E-state index in [0.29, 0.717) is 5.69 Å². The Labute approximate surface area is 361 Å². The number of aryl methyl sites for hydroxylation is 1. The zero-order valence-corrected chi connectivity index (χ0v) is 33.9. The summed E-state index contributed by atoms with van der Waals surface area (Å²) in [6.45, 7) is 0. The number of hydrogen-bond donors (Lipinski definition) is 0. The van der Waals surface area contributed by atoms with Crippen molar-refractivity contribution in [1.82, 2.24) is 14.5 Å². The molecule has 0 amide bonds. The number of halogens is 3. The van der Waals surface area contributed by atoms with Crippen LogP contribution in [0.5, 0.6) is 0 Å². The third-order valence-electron chi connectivity index (χ3n) is 12.8. The molecule has 1 aliphatic carbocycles. The molecule has 3 heterocycles. The Kier molecular flexibility index (Phi) is 8.44. The van der Waals surface area contributed by atoms with Gasteiger partial charge in [-0.25, -0.2) is 0 Å². The fraction of sp³-hybridized carbons (Fsp3) is 0.0526. The lowest BCUT2D eigenvalue weighted by Crippen LogP contribution is -2.06. The van der Waals surface area contributed by atoms with E-state index in [2.05, 4.69) is 132 Å². The Balaban J connectivity index is 1.03. The molecule has 0 saturated carbocycles. The molecule has 300 valence electrons. The molecule has 0 atom stereocenters. The van der Waals surface area contributed by atoms with Crippen molar-refractivity contribution in [1.29, 1.82) is 0 Å². The van der Waals surface area contributed by atoms with Crippen molar-refractivity contribution in [2.75, 3.05) is 0 Å². The molecule has 0 spiro atoms. The summed E-state index contributed by atoms with van der Waals surface area (Å²) < 4.78 is 43.3. The zero-order chi connectivity index (χ0) is 42.2. The second kappa shape index (κ2) is 14.4. The maximum absolute atomic E-state index is 13.8. The highest BCUT2D eigenvalue weighted by Crippen LogP contribution is 2.46. The van der Waals surface area contributed by atoms with Crippen LogP contribution in [0.4, 0.5) is 13.2 Å². The summed E-state index contributed by atoms with van der Waals surface area (Å²) in [6.07, 6.45) is 7.08. The minimum atomic E-state index is -4.46. The third-order valence-corrected chi connectivity index (χ3v) is 12.8. The van der Waals surface area contributed by atoms with Crippen molar-refractivity contribution in [3.8, 4) is 39.1 Å². The molecule has 3 nitrogen and oxygen atoms in total. The van der Waals surface area contributed by atoms with E-state index in [-0.39, 0.29) is 0 Å². The van der Waals surface area contributed by atoms with Gasteiger partial charge in [-0.05, 0) is 144 Å². The molecule has 11 aromatic rings. The number of pyridine rings is 2. The number of rotatable bonds is 5. The van der Waals surface area contributed by atoms with Gasteiger partial charge in [0.05, 0.1) is 22.8 Å². The molecule has 63 heavy (non-hydrogen) atoms. The molecule has 0 aliphatic heterocycles. The van der Waals surface area contributed by atoms with E-state index in [0.717, 1.165) is 63.0 Å². The van der Waals surface area contributed by atoms with Crippen LogP contribution in [0.15, 0.2) is 189 Å². The number of allylic oxidation sites excluding steroid dienone is 1. The molecular weight excluding hydrogens is 784 g/mol. The fourth-order valence-electron chi connectivity index (χ4n) is 9.89. The quantitative estimate of drug-likeness (QED) is 0.162. The second-order valence-electron chi connectivity index (χ2n) is 16.5. The molecular formula is C57H36F3N3. The Bertz CT molecular complexity index is 3690. The van der Waals surface area contributed by atoms with E-state index in [9.17, 15) is 13.2 Å². The smallest absolute Gasteiger partial charge is 0.308 e. The van der Waals surface area contributed by atoms with Gasteiger partial charge in [0.2, 0.25) is 0 Å². The van der Waals surface area contributed by atoms with Crippen molar-refractivity contribution in [2.45, 2.75) is 19.0 Å². The van der Waals surface area contributed by atoms with Crippen LogP contribution >= 0.6 is 0 Å². The number of aromatic nitrogens is 3. The van der Waals surface area contributed by atoms with Gasteiger partial charge in [0.15, 0.2) is 0 Å². The molecule has 0 unspecified atom stereocenters. The monoisotopic (exact) mass is 819 g/mol. The van der Waals surface area contributed by atoms with Crippen molar-refractivity contribution in [3.05, 3.63) is 211 Å². The fourth-order valence-corrected chi connectivity index (χ4v) is 9.89. The standard InChI is InChI=1S/C57H36F3N3/c58-57(59,60)45-12-7-13-46(31-45)63-53-23-21-40(29-51(53)47-24-25-61-34-54(47)63)44-28-43(32-62-33-44)39-20-22-50-52(30-39)56(42-19-17-36-9-2-4-11-38(36)27-42)49-15-6-5-14-48(49)55(50)41-18-16-35-8-1-3-10-37(35)26-41/h1-16,18,20-34H,17,19H2. The summed E-state index contributed by atoms with van der Waals surface area (Å²) in [5.74, 6) is 0. The van der Waals surface area contributed by atoms with Crippen molar-refractivity contribution in [3.63, 3.8) is 0 Å². The van der Waals surface area contributed by atoms with Crippen LogP contribution in [0.1, 0.15) is 28.7 Å². The molecule has 0 fully saturated rings. The maximum Gasteiger partial charge on any atom is 0.416 e. The van der Waals surface area contributed by atoms with Crippen molar-refractivity contribution < 1.29 is 13.2 Å². The predicted octanol–water partition coefficient (Wildman–Crippen LogP) is 15.5. The van der Waals surface area contributed by atoms with Gasteiger partial charge in [-0.1, -0.05) is 115 Å². The third kappa shape index (κ3) is 6.20. The highest BCUT2D eigenvalue weighted by Gasteiger charge is 2.31. The summed E-state index contributed by atoms with van der Waals surface area (Å²) in [6, 6.07) is 55.4. The van der Waals surface area contributed by atoms with Gasteiger partial charge in [0.25, 0.3) is 0 Å². The number of nitrogens with zero attached hydrogens (tertiary/aromatic N) is 3. The first-order chi connectivity index (χ1) is 30.9. The van der Waals surface area contributed by atoms with E-state index < -0.39 is 11.7 Å². The van der Waals surface area contributed by atoms with E-state index in [1.807, 2.05) is 35.2 Å². The van der Waals surface area contributed by atoms with Gasteiger partial charge in [0.1, 0.15) is 0 Å². The van der Waals surface area contributed by atoms with Gasteiger partial charge < -0.3 is 4.57 Å². The van der Waals surface area contributed by atoms with E-state index >= 15 is 0 Å². The minimum absolute atomic E-state index is 0.426. The van der Waals surface area contributed by atoms with Gasteiger partial charge in [-0.2, -0.15) is 13.2 Å². The number of benzene rings is 8. The maximum atomic E-state index is 13.8. The number of hydrogen-bond acceptors (Lipinski definition) is 2. The summed E-state index contributed by atoms with van der Waals surface area (Å²) in [5.41, 5.74) is 12.8. The van der Waals surface area contributed by atoms with Crippen LogP contribution in [-0.4, -0.2) is 14.5 Å². The molecule has 0 bridgehead atoms. The second-order valence-corrected chi connectivity index (χ2v) is 16.5. The molecule has 3 aromatic heterocycles. The van der Waals surface area contributed by atoms with Crippen LogP contribution < -0.4 is 0 Å². The van der Waals surface area contributed by atoms with Crippen LogP contribution in [0, 0.1) is 0 Å². The molecule has 0 radical (unpaired) electrons. The van der Waals surface area contributed by atoms with Gasteiger partial charge in [0, 0.05) is 46.2 Å². The van der Waals surface area contributed by atoms with Crippen molar-refractivity contribution >= 4 is 65.8 Å². The topological polar surface area (TPSA) is 30.7 Å². The number of fused-ring (bicyclic) bond motifs is 7. The normalized spacial score (nSPS) is 13.0. The van der Waals surface area contributed by atoms with Crippen molar-refractivity contribution in [2.24, 2.45) is 0 Å². The molecule has 8 aromatic carbocycles. The van der Waals surface area contributed by atoms with Crippen LogP contribution in [0.3, 0.4) is 0 Å². The first-order valence-corrected chi connectivity index (χ1v) is 21.1. The minimum Gasteiger partial charge on any atom is -0.308 e. The Morgan fingerprint density at radius 1 is 0.444 bits per heavy atom. The first-order valence-electron chi connectivity index (χ1n) is 21.1. The highest BCUT2D eigenvalue weighted by molar-refractivity contribution is 6.21. The first kappa shape index (κ1) is 37.0. The Morgan fingerprint density at radius 2 is 1.16 bits per heavy atom. The Hall–Kier alpha value is -7.83. The largest absolute Gasteiger partial charge is 0.416 e. The van der Waals surface area contributed by atoms with Gasteiger partial charge >= 0.3 is 6.18 Å². The molecule has 0 saturated heterocycles. The molecule has 0 N–H and O–H groups in total. The summed E-state index contributed by atoms with van der Waals surface area (Å²) in [4.78, 5) is 9.15. The average Bonchev–Trinajstić information content (AvgIpc) is 3.66. The lowest BCUT2D eigenvalue weighted by Gasteiger charge is -2.23.